The Labute approximate surface area is 397 Å². The molecule has 5 unspecified atom stereocenters. The summed E-state index contributed by atoms with van der Waals surface area (Å²) in [6.07, 6.45) is -14.4. The minimum absolute atomic E-state index is 0.0244. The van der Waals surface area contributed by atoms with Crippen molar-refractivity contribution in [2.75, 3.05) is 13.7 Å². The average molecular weight is 937 g/mol. The maximum Gasteiger partial charge on any atom is 0.340 e. The van der Waals surface area contributed by atoms with Gasteiger partial charge in [-0.25, -0.2) is 24.0 Å². The fourth-order valence-electron chi connectivity index (χ4n) is 7.70. The lowest BCUT2D eigenvalue weighted by molar-refractivity contribution is -0.341. The Kier molecular flexibility index (Phi) is 16.3. The normalized spacial score (nSPS) is 23.1. The molecule has 2 fully saturated rings. The lowest BCUT2D eigenvalue weighted by Gasteiger charge is -2.47. The number of ether oxygens (including phenoxy) is 10. The molecule has 2 saturated heterocycles. The van der Waals surface area contributed by atoms with E-state index in [1.54, 1.807) is 84.9 Å². The van der Waals surface area contributed by atoms with E-state index in [0.717, 1.165) is 18.2 Å². The van der Waals surface area contributed by atoms with Crippen molar-refractivity contribution in [3.05, 3.63) is 215 Å². The van der Waals surface area contributed by atoms with Gasteiger partial charge in [-0.1, -0.05) is 133 Å². The maximum absolute atomic E-state index is 14.2. The van der Waals surface area contributed by atoms with Crippen molar-refractivity contribution in [3.8, 4) is 0 Å². The Hall–Kier alpha value is -7.53. The van der Waals surface area contributed by atoms with Crippen molar-refractivity contribution in [2.24, 2.45) is 0 Å². The number of benzene rings is 6. The first-order valence-corrected chi connectivity index (χ1v) is 22.1. The van der Waals surface area contributed by atoms with E-state index in [2.05, 4.69) is 0 Å². The minimum atomic E-state index is -1.92. The number of carbonyl (C=O) groups excluding carboxylic acids is 5. The summed E-state index contributed by atoms with van der Waals surface area (Å²) in [5.41, 5.74) is 2.04. The van der Waals surface area contributed by atoms with E-state index in [0.29, 0.717) is 0 Å². The molecule has 0 spiro atoms. The molecule has 0 N–H and O–H groups in total. The fraction of sp³-hybridized carbons (Fsp3) is 0.241. The summed E-state index contributed by atoms with van der Waals surface area (Å²) in [6, 6.07) is 50.5. The quantitative estimate of drug-likeness (QED) is 0.0656. The van der Waals surface area contributed by atoms with Gasteiger partial charge in [-0.05, 0) is 59.7 Å². The second-order valence-corrected chi connectivity index (χ2v) is 15.8. The molecule has 15 nitrogen and oxygen atoms in total. The van der Waals surface area contributed by atoms with E-state index in [9.17, 15) is 24.0 Å². The Morgan fingerprint density at radius 2 is 0.812 bits per heavy atom. The average Bonchev–Trinajstić information content (AvgIpc) is 3.40. The molecule has 0 radical (unpaired) electrons. The van der Waals surface area contributed by atoms with E-state index >= 15 is 0 Å². The number of methoxy groups -OCH3 is 1. The van der Waals surface area contributed by atoms with Crippen LogP contribution >= 0.6 is 0 Å². The first kappa shape index (κ1) is 47.9. The molecule has 2 aliphatic heterocycles. The van der Waals surface area contributed by atoms with E-state index < -0.39 is 85.2 Å². The summed E-state index contributed by atoms with van der Waals surface area (Å²) in [6.45, 7) is -0.0683. The summed E-state index contributed by atoms with van der Waals surface area (Å²) in [7, 11) is 1.08. The van der Waals surface area contributed by atoms with E-state index in [4.69, 9.17) is 47.4 Å². The van der Waals surface area contributed by atoms with Crippen molar-refractivity contribution >= 4 is 29.8 Å². The minimum Gasteiger partial charge on any atom is -0.467 e. The largest absolute Gasteiger partial charge is 0.467 e. The molecule has 9 atom stereocenters. The van der Waals surface area contributed by atoms with Gasteiger partial charge in [0.25, 0.3) is 0 Å². The summed E-state index contributed by atoms with van der Waals surface area (Å²) in [5, 5.41) is 0. The third-order valence-corrected chi connectivity index (χ3v) is 11.2. The summed E-state index contributed by atoms with van der Waals surface area (Å²) < 4.78 is 62.2. The van der Waals surface area contributed by atoms with Gasteiger partial charge in [-0.3, -0.25) is 0 Å². The van der Waals surface area contributed by atoms with Crippen LogP contribution in [0.1, 0.15) is 52.6 Å². The van der Waals surface area contributed by atoms with Gasteiger partial charge in [-0.15, -0.1) is 0 Å². The van der Waals surface area contributed by atoms with Gasteiger partial charge >= 0.3 is 29.8 Å². The molecule has 0 amide bonds. The monoisotopic (exact) mass is 936 g/mol. The third kappa shape index (κ3) is 12.3. The van der Waals surface area contributed by atoms with Gasteiger partial charge in [0.1, 0.15) is 18.3 Å². The van der Waals surface area contributed by atoms with Crippen molar-refractivity contribution in [3.63, 3.8) is 0 Å². The van der Waals surface area contributed by atoms with Gasteiger partial charge in [0.05, 0.1) is 49.2 Å². The van der Waals surface area contributed by atoms with Crippen molar-refractivity contribution in [1.29, 1.82) is 0 Å². The van der Waals surface area contributed by atoms with Crippen LogP contribution in [0.2, 0.25) is 0 Å². The molecule has 6 aromatic carbocycles. The molecule has 69 heavy (non-hydrogen) atoms. The van der Waals surface area contributed by atoms with Crippen LogP contribution < -0.4 is 0 Å². The molecule has 8 rings (SSSR count). The number of rotatable bonds is 17. The molecule has 354 valence electrons. The number of hydrogen-bond donors (Lipinski definition) is 0. The van der Waals surface area contributed by atoms with Gasteiger partial charge in [0, 0.05) is 0 Å². The highest BCUT2D eigenvalue weighted by Crippen LogP contribution is 2.36. The Balaban J connectivity index is 1.23. The zero-order valence-corrected chi connectivity index (χ0v) is 37.3. The van der Waals surface area contributed by atoms with Crippen LogP contribution in [-0.4, -0.2) is 98.9 Å². The molecule has 15 heteroatoms. The van der Waals surface area contributed by atoms with Crippen molar-refractivity contribution < 1.29 is 71.3 Å². The molecule has 6 aromatic rings. The highest BCUT2D eigenvalue weighted by Gasteiger charge is 2.58. The summed E-state index contributed by atoms with van der Waals surface area (Å²) in [5.74, 6) is -4.66. The van der Waals surface area contributed by atoms with E-state index in [-0.39, 0.29) is 42.1 Å². The lowest BCUT2D eigenvalue weighted by atomic mass is 9.96. The summed E-state index contributed by atoms with van der Waals surface area (Å²) >= 11 is 0. The SMILES string of the molecule is COC(=O)C1O[C@@H](OC(=O)c2ccccc2)C(OC(=O)c2ccccc2)C(O[C@H]2OC[C@@H](OCc3ccccc3)C(OCc3ccccc3)C2OC(=O)c2ccccc2)[C@@H]1OC(=O)c1ccccc1. The molecule has 0 saturated carbocycles. The second-order valence-electron chi connectivity index (χ2n) is 15.8. The van der Waals surface area contributed by atoms with Crippen LogP contribution in [0.15, 0.2) is 182 Å². The zero-order chi connectivity index (χ0) is 48.0. The third-order valence-electron chi connectivity index (χ3n) is 11.2. The van der Waals surface area contributed by atoms with Gasteiger partial charge < -0.3 is 47.4 Å². The number of carbonyl (C=O) groups is 5. The first-order valence-electron chi connectivity index (χ1n) is 22.1. The van der Waals surface area contributed by atoms with Crippen LogP contribution in [0.5, 0.6) is 0 Å². The fourth-order valence-corrected chi connectivity index (χ4v) is 7.70. The molecule has 0 aromatic heterocycles. The van der Waals surface area contributed by atoms with Crippen LogP contribution in [0, 0.1) is 0 Å². The topological polar surface area (TPSA) is 178 Å². The first-order chi connectivity index (χ1) is 33.7. The Morgan fingerprint density at radius 3 is 1.25 bits per heavy atom. The molecule has 2 aliphatic rings. The van der Waals surface area contributed by atoms with Gasteiger partial charge in [0.15, 0.2) is 30.7 Å². The van der Waals surface area contributed by atoms with Crippen LogP contribution in [0.3, 0.4) is 0 Å². The highest BCUT2D eigenvalue weighted by molar-refractivity contribution is 5.91. The van der Waals surface area contributed by atoms with Crippen LogP contribution in [0.25, 0.3) is 0 Å². The lowest BCUT2D eigenvalue weighted by Crippen LogP contribution is -2.66. The Bertz CT molecular complexity index is 2600. The number of hydrogen-bond acceptors (Lipinski definition) is 15. The van der Waals surface area contributed by atoms with Crippen molar-refractivity contribution in [2.45, 2.75) is 68.5 Å². The van der Waals surface area contributed by atoms with Crippen LogP contribution in [0.4, 0.5) is 0 Å². The standard InChI is InChI=1S/C54H48O15/c1-60-52(59)45-43(64-48(55)37-24-12-4-13-25-37)44(47(66-50(57)39-28-16-6-17-29-39)54(68-45)69-51(58)40-30-18-7-19-31-40)67-53-46(65-49(56)38-26-14-5-15-27-38)42(62-33-36-22-10-3-11-23-36)41(34-63-53)61-32-35-20-8-2-9-21-35/h2-31,41-47,53-54H,32-34H2,1H3/t41-,42?,43+,44?,45?,46?,47?,53-,54+/m1/s1. The van der Waals surface area contributed by atoms with Crippen molar-refractivity contribution in [1.82, 2.24) is 0 Å². The predicted molar refractivity (Wildman–Crippen MR) is 244 cm³/mol. The van der Waals surface area contributed by atoms with Crippen LogP contribution in [-0.2, 0) is 65.4 Å². The molecule has 2 heterocycles. The van der Waals surface area contributed by atoms with Gasteiger partial charge in [-0.2, -0.15) is 0 Å². The summed E-state index contributed by atoms with van der Waals surface area (Å²) in [4.78, 5) is 70.1. The molecular weight excluding hydrogens is 889 g/mol. The maximum atomic E-state index is 14.2. The molecular formula is C54H48O15. The predicted octanol–water partition coefficient (Wildman–Crippen LogP) is 7.33. The van der Waals surface area contributed by atoms with Gasteiger partial charge in [0.2, 0.25) is 6.29 Å². The zero-order valence-electron chi connectivity index (χ0n) is 37.3. The molecule has 0 bridgehead atoms. The Morgan fingerprint density at radius 1 is 0.435 bits per heavy atom. The smallest absolute Gasteiger partial charge is 0.340 e. The molecule has 0 aliphatic carbocycles. The van der Waals surface area contributed by atoms with E-state index in [1.165, 1.54) is 36.4 Å². The highest BCUT2D eigenvalue weighted by atomic mass is 16.8. The number of esters is 5. The van der Waals surface area contributed by atoms with E-state index in [1.807, 2.05) is 60.7 Å². The second kappa shape index (κ2) is 23.5.